The normalized spacial score (nSPS) is 11.1. The van der Waals surface area contributed by atoms with Crippen molar-refractivity contribution in [1.29, 1.82) is 0 Å². The number of carboxylic acid groups (broad SMARTS) is 1. The van der Waals surface area contributed by atoms with Gasteiger partial charge in [-0.1, -0.05) is 0 Å². The molecule has 1 aromatic carbocycles. The molecular formula is C22H20FN5O6S. The number of methoxy groups -OCH3 is 1. The Balaban J connectivity index is 1.62. The molecule has 0 atom stereocenters. The van der Waals surface area contributed by atoms with Crippen LogP contribution in [0.4, 0.5) is 14.9 Å². The van der Waals surface area contributed by atoms with Crippen LogP contribution in [-0.4, -0.2) is 55.8 Å². The minimum absolute atomic E-state index is 0.138. The highest BCUT2D eigenvalue weighted by atomic mass is 32.1. The number of halogens is 1. The van der Waals surface area contributed by atoms with E-state index in [1.807, 2.05) is 6.07 Å². The van der Waals surface area contributed by atoms with Crippen LogP contribution in [0.15, 0.2) is 42.7 Å². The molecule has 35 heavy (non-hydrogen) atoms. The highest BCUT2D eigenvalue weighted by Gasteiger charge is 2.19. The van der Waals surface area contributed by atoms with Gasteiger partial charge in [-0.25, -0.2) is 14.2 Å². The number of nitro benzene ring substituents is 1. The number of non-ortho nitro benzene ring substituents is 1. The molecule has 3 aromatic heterocycles. The van der Waals surface area contributed by atoms with Gasteiger partial charge in [-0.05, 0) is 12.1 Å². The lowest BCUT2D eigenvalue weighted by Gasteiger charge is -2.18. The van der Waals surface area contributed by atoms with Crippen LogP contribution in [0.2, 0.25) is 0 Å². The lowest BCUT2D eigenvalue weighted by molar-refractivity contribution is -0.385. The number of aromatic nitrogens is 3. The fraction of sp³-hybridized carbons (Fsp3) is 0.227. The number of benzene rings is 1. The second-order valence-corrected chi connectivity index (χ2v) is 8.49. The Kier molecular flexibility index (Phi) is 6.89. The minimum Gasteiger partial charge on any atom is -0.465 e. The highest BCUT2D eigenvalue weighted by molar-refractivity contribution is 7.22. The van der Waals surface area contributed by atoms with E-state index in [1.54, 1.807) is 23.9 Å². The molecule has 0 aliphatic heterocycles. The van der Waals surface area contributed by atoms with Crippen LogP contribution in [0, 0.1) is 15.9 Å². The molecule has 0 spiro atoms. The molecule has 13 heteroatoms. The molecule has 0 aliphatic rings. The molecule has 0 unspecified atom stereocenters. The number of hydrogen-bond donors (Lipinski definition) is 1. The van der Waals surface area contributed by atoms with Crippen LogP contribution in [0.25, 0.3) is 20.9 Å². The summed E-state index contributed by atoms with van der Waals surface area (Å²) in [5, 5.41) is 20.3. The van der Waals surface area contributed by atoms with E-state index in [9.17, 15) is 24.4 Å². The molecule has 11 nitrogen and oxygen atoms in total. The molecule has 0 bridgehead atoms. The summed E-state index contributed by atoms with van der Waals surface area (Å²) in [5.41, 5.74) is 0.914. The molecule has 0 radical (unpaired) electrons. The Morgan fingerprint density at radius 2 is 2.09 bits per heavy atom. The molecule has 4 aromatic rings. The lowest BCUT2D eigenvalue weighted by atomic mass is 10.3. The van der Waals surface area contributed by atoms with Crippen LogP contribution in [0.5, 0.6) is 11.5 Å². The van der Waals surface area contributed by atoms with Crippen molar-refractivity contribution in [3.05, 3.63) is 64.4 Å². The van der Waals surface area contributed by atoms with Crippen molar-refractivity contribution in [3.8, 4) is 22.2 Å². The Labute approximate surface area is 202 Å². The summed E-state index contributed by atoms with van der Waals surface area (Å²) < 4.78 is 27.5. The Morgan fingerprint density at radius 3 is 2.77 bits per heavy atom. The average molecular weight is 501 g/mol. The number of thiophene rings is 1. The molecule has 0 saturated heterocycles. The smallest absolute Gasteiger partial charge is 0.407 e. The zero-order valence-electron chi connectivity index (χ0n) is 18.7. The summed E-state index contributed by atoms with van der Waals surface area (Å²) >= 11 is 1.33. The monoisotopic (exact) mass is 501 g/mol. The quantitative estimate of drug-likeness (QED) is 0.259. The van der Waals surface area contributed by atoms with E-state index in [0.717, 1.165) is 10.9 Å². The van der Waals surface area contributed by atoms with Crippen LogP contribution in [0.1, 0.15) is 5.69 Å². The van der Waals surface area contributed by atoms with Crippen molar-refractivity contribution in [2.24, 2.45) is 7.05 Å². The van der Waals surface area contributed by atoms with Gasteiger partial charge in [0.2, 0.25) is 0 Å². The van der Waals surface area contributed by atoms with E-state index >= 15 is 0 Å². The summed E-state index contributed by atoms with van der Waals surface area (Å²) in [6, 6.07) is 6.56. The van der Waals surface area contributed by atoms with Gasteiger partial charge in [-0.15, -0.1) is 11.3 Å². The van der Waals surface area contributed by atoms with Crippen molar-refractivity contribution < 1.29 is 28.7 Å². The van der Waals surface area contributed by atoms with Crippen molar-refractivity contribution in [3.63, 3.8) is 0 Å². The molecule has 182 valence electrons. The van der Waals surface area contributed by atoms with Gasteiger partial charge in [0, 0.05) is 39.0 Å². The van der Waals surface area contributed by atoms with E-state index in [-0.39, 0.29) is 31.1 Å². The van der Waals surface area contributed by atoms with Gasteiger partial charge in [0.25, 0.3) is 5.69 Å². The number of carbonyl (C=O) groups is 1. The summed E-state index contributed by atoms with van der Waals surface area (Å²) in [6.45, 7) is 0.634. The number of nitro groups is 1. The molecule has 0 fully saturated rings. The minimum atomic E-state index is -1.06. The second kappa shape index (κ2) is 10.0. The summed E-state index contributed by atoms with van der Waals surface area (Å²) in [4.78, 5) is 32.5. The Bertz CT molecular complexity index is 1400. The first-order valence-corrected chi connectivity index (χ1v) is 11.1. The first-order valence-electron chi connectivity index (χ1n) is 10.3. The van der Waals surface area contributed by atoms with Gasteiger partial charge in [0.1, 0.15) is 11.6 Å². The molecule has 4 rings (SSSR count). The maximum absolute atomic E-state index is 14.4. The van der Waals surface area contributed by atoms with Gasteiger partial charge in [-0.3, -0.25) is 15.1 Å². The fourth-order valence-corrected chi connectivity index (χ4v) is 4.47. The summed E-state index contributed by atoms with van der Waals surface area (Å²) in [6.07, 6.45) is 2.07. The Hall–Kier alpha value is -4.10. The number of nitrogens with zero attached hydrogens (tertiary/aromatic N) is 5. The van der Waals surface area contributed by atoms with E-state index in [2.05, 4.69) is 9.97 Å². The van der Waals surface area contributed by atoms with E-state index in [4.69, 9.17) is 9.47 Å². The van der Waals surface area contributed by atoms with E-state index in [1.165, 1.54) is 41.7 Å². The fourth-order valence-electron chi connectivity index (χ4n) is 3.37. The molecular weight excluding hydrogens is 481 g/mol. The van der Waals surface area contributed by atoms with Crippen molar-refractivity contribution >= 4 is 33.3 Å². The van der Waals surface area contributed by atoms with Crippen LogP contribution >= 0.6 is 11.3 Å². The number of ether oxygens (including phenoxy) is 2. The first kappa shape index (κ1) is 24.0. The van der Waals surface area contributed by atoms with Gasteiger partial charge in [0.15, 0.2) is 11.6 Å². The third-order valence-electron chi connectivity index (χ3n) is 5.22. The zero-order valence-corrected chi connectivity index (χ0v) is 19.5. The second-order valence-electron chi connectivity index (χ2n) is 7.44. The number of imidazole rings is 1. The standard InChI is InChI=1S/C22H20FN5O6S/c1-26-14(12-27(22(29)30)7-8-33-2)11-25-21(26)19-10-16-20(35-19)18(5-6-24-16)34-17-4-3-13(28(31)32)9-15(17)23/h3-6,9-11H,7-8,12H2,1-2H3,(H,29,30). The molecule has 0 saturated carbocycles. The Morgan fingerprint density at radius 1 is 1.29 bits per heavy atom. The average Bonchev–Trinajstić information content (AvgIpc) is 3.41. The van der Waals surface area contributed by atoms with E-state index < -0.39 is 16.8 Å². The third kappa shape index (κ3) is 5.05. The van der Waals surface area contributed by atoms with Crippen LogP contribution < -0.4 is 4.74 Å². The molecule has 1 amide bonds. The topological polar surface area (TPSA) is 133 Å². The first-order chi connectivity index (χ1) is 16.8. The largest absolute Gasteiger partial charge is 0.465 e. The number of fused-ring (bicyclic) bond motifs is 1. The summed E-state index contributed by atoms with van der Waals surface area (Å²) in [5.74, 6) is -0.0640. The van der Waals surface area contributed by atoms with Gasteiger partial charge < -0.3 is 24.0 Å². The van der Waals surface area contributed by atoms with Gasteiger partial charge >= 0.3 is 6.09 Å². The van der Waals surface area contributed by atoms with Gasteiger partial charge in [-0.2, -0.15) is 0 Å². The number of rotatable bonds is 9. The van der Waals surface area contributed by atoms with Crippen LogP contribution in [0.3, 0.4) is 0 Å². The van der Waals surface area contributed by atoms with Crippen molar-refractivity contribution in [2.45, 2.75) is 6.54 Å². The predicted octanol–water partition coefficient (Wildman–Crippen LogP) is 4.66. The SMILES string of the molecule is COCCN(Cc1cnc(-c2cc3nccc(Oc4ccc([N+](=O)[O-])cc4F)c3s2)n1C)C(=O)O. The molecule has 0 aliphatic carbocycles. The number of amides is 1. The zero-order chi connectivity index (χ0) is 25.1. The van der Waals surface area contributed by atoms with Crippen molar-refractivity contribution in [2.75, 3.05) is 20.3 Å². The summed E-state index contributed by atoms with van der Waals surface area (Å²) in [7, 11) is 3.29. The molecule has 3 heterocycles. The number of pyridine rings is 1. The maximum atomic E-state index is 14.4. The predicted molar refractivity (Wildman–Crippen MR) is 125 cm³/mol. The number of hydrogen-bond acceptors (Lipinski definition) is 8. The lowest BCUT2D eigenvalue weighted by Crippen LogP contribution is -2.32. The molecule has 1 N–H and O–H groups in total. The van der Waals surface area contributed by atoms with Crippen molar-refractivity contribution in [1.82, 2.24) is 19.4 Å². The third-order valence-corrected chi connectivity index (χ3v) is 6.35. The van der Waals surface area contributed by atoms with E-state index in [0.29, 0.717) is 27.5 Å². The maximum Gasteiger partial charge on any atom is 0.407 e. The highest BCUT2D eigenvalue weighted by Crippen LogP contribution is 2.39. The van der Waals surface area contributed by atoms with Gasteiger partial charge in [0.05, 0.1) is 51.1 Å². The van der Waals surface area contributed by atoms with Crippen LogP contribution in [-0.2, 0) is 18.3 Å².